The van der Waals surface area contributed by atoms with Gasteiger partial charge in [-0.05, 0) is 138 Å². The summed E-state index contributed by atoms with van der Waals surface area (Å²) >= 11 is 18.2. The number of nitrogens with two attached hydrogens (primary N) is 2. The Labute approximate surface area is 470 Å². The van der Waals surface area contributed by atoms with E-state index in [0.717, 1.165) is 54.4 Å². The Morgan fingerprint density at radius 2 is 1.10 bits per heavy atom. The number of fused-ring (bicyclic) bond motifs is 2. The lowest BCUT2D eigenvalue weighted by molar-refractivity contribution is -0.120. The molecule has 0 aliphatic carbocycles. The smallest absolute Gasteiger partial charge is 0.319 e. The molecule has 0 spiro atoms. The Bertz CT molecular complexity index is 3210. The average molecular weight is 1120 g/mol. The summed E-state index contributed by atoms with van der Waals surface area (Å²) in [6.07, 6.45) is 0.918. The highest BCUT2D eigenvalue weighted by Crippen LogP contribution is 2.34. The monoisotopic (exact) mass is 1120 g/mol. The molecule has 4 aromatic carbocycles. The normalized spacial score (nSPS) is 14.6. The van der Waals surface area contributed by atoms with Crippen molar-refractivity contribution in [1.82, 2.24) is 25.3 Å². The number of benzene rings is 4. The highest BCUT2D eigenvalue weighted by Gasteiger charge is 2.33. The number of hydrogen-bond donors (Lipinski definition) is 4. The Morgan fingerprint density at radius 1 is 0.641 bits per heavy atom. The zero-order valence-corrected chi connectivity index (χ0v) is 48.1. The van der Waals surface area contributed by atoms with Gasteiger partial charge in [0.1, 0.15) is 0 Å². The Balaban J connectivity index is 0.000000218. The van der Waals surface area contributed by atoms with Crippen LogP contribution in [0, 0.1) is 13.8 Å². The minimum atomic E-state index is -1.07. The molecule has 0 saturated heterocycles. The largest absolute Gasteiger partial charge is 0.480 e. The maximum Gasteiger partial charge on any atom is 0.319 e. The van der Waals surface area contributed by atoms with Crippen LogP contribution in [0.1, 0.15) is 61.1 Å². The highest BCUT2D eigenvalue weighted by molar-refractivity contribution is 7.80. The number of rotatable bonds is 14. The number of likely N-dealkylation sites (N-methyl/N-ethyl adjacent to an activating group) is 2. The molecule has 23 heteroatoms. The number of benzodiazepines with no additional fused rings is 2. The maximum absolute atomic E-state index is 13.6. The Hall–Kier alpha value is -7.85. The second-order valence-electron chi connectivity index (χ2n) is 17.5. The number of nitrogen functional groups attached to an aromatic ring is 1. The molecule has 0 bridgehead atoms. The van der Waals surface area contributed by atoms with Crippen molar-refractivity contribution in [3.8, 4) is 23.8 Å². The molecule has 20 nitrogen and oxygen atoms in total. The van der Waals surface area contributed by atoms with E-state index in [2.05, 4.69) is 91.3 Å². The first-order valence-corrected chi connectivity index (χ1v) is 26.0. The molecule has 0 radical (unpaired) electrons. The molecular formula is C55H66Cl2N14O6S. The standard InChI is InChI=1S/C28H32ClN7O3S.C16H16ClN5O3.C11H18N2/c1-7-36(8-2)18-10-11-21(16(3)13-18)31-28(40)33-24-26(37)35(4)22-12-9-17(29)14-19(22)23(32-24)20-15-30-27(39-6)34-25(20)38-5;1-22-11-5-4-8(17)6-9(11)12(20-13(18)15(22)23)10-7-19-16(25-3)21-14(10)24-2;1-4-13(5-2)10-6-7-11(12)9(3)8-10/h9-15,24H,7-8H2,1-6H3,(H2,31,33,40);4-7,13H,18H2,1-3H3;6-8H,4-5,12H2,1-3H3. The Kier molecular flexibility index (Phi) is 20.5. The molecule has 2 atom stereocenters. The highest BCUT2D eigenvalue weighted by atomic mass is 35.5. The SMILES string of the molecule is CCN(CC)c1ccc(N)c(C)c1.CCN(CC)c1ccc(NC(=S)NC2N=C(c3cnc(OC)nc3OC)c3cc(Cl)ccc3N(C)C2=O)c(C)c1.COc1ncc(C2=NC(N)C(=O)N(C)c3ccc(Cl)cc32)c(OC)n1. The van der Waals surface area contributed by atoms with Gasteiger partial charge in [0.05, 0.1) is 62.4 Å². The number of carbonyl (C=O) groups excluding carboxylic acids is 2. The van der Waals surface area contributed by atoms with Gasteiger partial charge in [-0.25, -0.2) is 15.0 Å². The first-order chi connectivity index (χ1) is 37.3. The van der Waals surface area contributed by atoms with Crippen LogP contribution in [0.15, 0.2) is 95.2 Å². The molecule has 78 heavy (non-hydrogen) atoms. The summed E-state index contributed by atoms with van der Waals surface area (Å²) in [5.41, 5.74) is 22.2. The number of halogens is 2. The first kappa shape index (κ1) is 59.4. The van der Waals surface area contributed by atoms with Gasteiger partial charge in [0.25, 0.3) is 11.8 Å². The molecular weight excluding hydrogens is 1060 g/mol. The number of nitrogens with one attached hydrogen (secondary N) is 2. The Morgan fingerprint density at radius 3 is 1.55 bits per heavy atom. The van der Waals surface area contributed by atoms with E-state index in [1.165, 1.54) is 50.1 Å². The maximum atomic E-state index is 13.6. The van der Waals surface area contributed by atoms with Crippen molar-refractivity contribution >= 4 is 97.9 Å². The van der Waals surface area contributed by atoms with Gasteiger partial charge >= 0.3 is 12.0 Å². The summed E-state index contributed by atoms with van der Waals surface area (Å²) in [6, 6.07) is 23.0. The second kappa shape index (κ2) is 27.0. The van der Waals surface area contributed by atoms with Crippen LogP contribution in [0.5, 0.6) is 23.8 Å². The average Bonchev–Trinajstić information content (AvgIpc) is 3.59. The summed E-state index contributed by atoms with van der Waals surface area (Å²) < 4.78 is 21.0. The van der Waals surface area contributed by atoms with E-state index < -0.39 is 12.3 Å². The molecule has 2 aliphatic rings. The number of aliphatic imine (C=N–C) groups is 2. The van der Waals surface area contributed by atoms with Gasteiger partial charge in [-0.2, -0.15) is 9.97 Å². The molecule has 412 valence electrons. The fourth-order valence-electron chi connectivity index (χ4n) is 8.48. The van der Waals surface area contributed by atoms with Crippen LogP contribution in [-0.2, 0) is 9.59 Å². The van der Waals surface area contributed by atoms with Crippen LogP contribution in [0.2, 0.25) is 10.0 Å². The van der Waals surface area contributed by atoms with Crippen LogP contribution in [0.25, 0.3) is 0 Å². The molecule has 8 rings (SSSR count). The number of aromatic nitrogens is 4. The number of carbonyl (C=O) groups is 2. The predicted octanol–water partition coefficient (Wildman–Crippen LogP) is 8.10. The number of anilines is 6. The molecule has 0 saturated carbocycles. The van der Waals surface area contributed by atoms with Crippen molar-refractivity contribution < 1.29 is 28.5 Å². The lowest BCUT2D eigenvalue weighted by Gasteiger charge is -2.23. The van der Waals surface area contributed by atoms with E-state index in [-0.39, 0.29) is 40.7 Å². The number of thiocarbonyl (C=S) groups is 1. The molecule has 2 aromatic heterocycles. The van der Waals surface area contributed by atoms with Gasteiger partial charge in [0, 0.05) is 96.6 Å². The van der Waals surface area contributed by atoms with Crippen LogP contribution in [0.4, 0.5) is 34.1 Å². The summed E-state index contributed by atoms with van der Waals surface area (Å²) in [5, 5.41) is 7.51. The molecule has 6 N–H and O–H groups in total. The van der Waals surface area contributed by atoms with Gasteiger partial charge in [0.15, 0.2) is 11.3 Å². The molecule has 0 fully saturated rings. The number of ether oxygens (including phenoxy) is 4. The number of methoxy groups -OCH3 is 4. The summed E-state index contributed by atoms with van der Waals surface area (Å²) in [5.74, 6) is -0.172. The number of hydrogen-bond acceptors (Lipinski definition) is 17. The quantitative estimate of drug-likeness (QED) is 0.0595. The van der Waals surface area contributed by atoms with Crippen LogP contribution in [0.3, 0.4) is 0 Å². The fourth-order valence-corrected chi connectivity index (χ4v) is 9.04. The fraction of sp³-hybridized carbons (Fsp3) is 0.327. The van der Waals surface area contributed by atoms with Gasteiger partial charge in [-0.1, -0.05) is 23.2 Å². The van der Waals surface area contributed by atoms with Gasteiger partial charge in [-0.3, -0.25) is 14.6 Å². The van der Waals surface area contributed by atoms with Crippen molar-refractivity contribution in [2.24, 2.45) is 15.7 Å². The van der Waals surface area contributed by atoms with Crippen LogP contribution >= 0.6 is 35.4 Å². The number of nitrogens with zero attached hydrogens (tertiary/aromatic N) is 10. The minimum absolute atomic E-state index is 0.136. The van der Waals surface area contributed by atoms with Crippen LogP contribution < -0.4 is 60.6 Å². The topological polar surface area (TPSA) is 236 Å². The van der Waals surface area contributed by atoms with Crippen molar-refractivity contribution in [2.45, 2.75) is 53.9 Å². The lowest BCUT2D eigenvalue weighted by Crippen LogP contribution is -2.47. The summed E-state index contributed by atoms with van der Waals surface area (Å²) in [4.78, 5) is 59.5. The number of amides is 2. The van der Waals surface area contributed by atoms with Crippen molar-refractivity contribution in [2.75, 3.05) is 99.4 Å². The van der Waals surface area contributed by atoms with Gasteiger partial charge in [0.2, 0.25) is 17.9 Å². The van der Waals surface area contributed by atoms with E-state index in [1.807, 2.05) is 32.0 Å². The molecule has 6 aromatic rings. The van der Waals surface area contributed by atoms with Crippen molar-refractivity contribution in [3.63, 3.8) is 0 Å². The van der Waals surface area contributed by atoms with E-state index in [9.17, 15) is 9.59 Å². The van der Waals surface area contributed by atoms with E-state index in [1.54, 1.807) is 56.7 Å². The predicted molar refractivity (Wildman–Crippen MR) is 316 cm³/mol. The zero-order chi connectivity index (χ0) is 57.0. The van der Waals surface area contributed by atoms with E-state index >= 15 is 0 Å². The molecule has 4 heterocycles. The van der Waals surface area contributed by atoms with Gasteiger partial charge < -0.3 is 60.6 Å². The summed E-state index contributed by atoms with van der Waals surface area (Å²) in [6.45, 7) is 16.5. The van der Waals surface area contributed by atoms with Gasteiger partial charge in [-0.15, -0.1) is 0 Å². The third-order valence-electron chi connectivity index (χ3n) is 12.8. The summed E-state index contributed by atoms with van der Waals surface area (Å²) in [7, 11) is 9.19. The van der Waals surface area contributed by atoms with Crippen molar-refractivity contribution in [1.29, 1.82) is 0 Å². The second-order valence-corrected chi connectivity index (χ2v) is 18.7. The molecule has 2 unspecified atom stereocenters. The number of aryl methyl sites for hydroxylation is 2. The molecule has 2 amide bonds. The third kappa shape index (κ3) is 13.6. The van der Waals surface area contributed by atoms with Crippen LogP contribution in [-0.4, -0.2) is 129 Å². The third-order valence-corrected chi connectivity index (χ3v) is 13.5. The van der Waals surface area contributed by atoms with E-state index in [0.29, 0.717) is 55.1 Å². The van der Waals surface area contributed by atoms with E-state index in [4.69, 9.17) is 70.8 Å². The zero-order valence-electron chi connectivity index (χ0n) is 45.8. The minimum Gasteiger partial charge on any atom is -0.480 e. The lowest BCUT2D eigenvalue weighted by atomic mass is 10.0. The van der Waals surface area contributed by atoms with Crippen molar-refractivity contribution in [3.05, 3.63) is 129 Å². The first-order valence-electron chi connectivity index (χ1n) is 24.9. The molecule has 2 aliphatic heterocycles.